The van der Waals surface area contributed by atoms with Crippen molar-refractivity contribution < 1.29 is 5.11 Å². The Bertz CT molecular complexity index is 662. The first-order chi connectivity index (χ1) is 9.63. The zero-order valence-corrected chi connectivity index (χ0v) is 12.3. The number of benzene rings is 1. The van der Waals surface area contributed by atoms with E-state index in [1.54, 1.807) is 0 Å². The maximum absolute atomic E-state index is 10.3. The van der Waals surface area contributed by atoms with E-state index in [1.165, 1.54) is 5.56 Å². The van der Waals surface area contributed by atoms with Crippen molar-refractivity contribution in [1.29, 1.82) is 0 Å². The molecule has 106 valence electrons. The molecule has 0 amide bonds. The Morgan fingerprint density at radius 2 is 2.30 bits per heavy atom. The van der Waals surface area contributed by atoms with Crippen LogP contribution in [0.2, 0.25) is 5.02 Å². The van der Waals surface area contributed by atoms with Crippen molar-refractivity contribution in [2.24, 2.45) is 0 Å². The van der Waals surface area contributed by atoms with Crippen molar-refractivity contribution >= 4 is 28.6 Å². The third-order valence-corrected chi connectivity index (χ3v) is 4.44. The molecule has 2 atom stereocenters. The van der Waals surface area contributed by atoms with Crippen molar-refractivity contribution in [3.05, 3.63) is 41.1 Å². The molecule has 1 aromatic carbocycles. The molecule has 3 rings (SSSR count). The Hall–Kier alpha value is -1.29. The van der Waals surface area contributed by atoms with Crippen molar-refractivity contribution in [2.75, 3.05) is 13.1 Å². The summed E-state index contributed by atoms with van der Waals surface area (Å²) >= 11 is 6.12. The Morgan fingerprint density at radius 1 is 1.50 bits per heavy atom. The minimum absolute atomic E-state index is 0.0848. The molecule has 4 heteroatoms. The van der Waals surface area contributed by atoms with Crippen LogP contribution >= 0.6 is 11.6 Å². The van der Waals surface area contributed by atoms with Crippen LogP contribution in [0.15, 0.2) is 24.8 Å². The highest BCUT2D eigenvalue weighted by atomic mass is 35.5. The van der Waals surface area contributed by atoms with Gasteiger partial charge in [0.15, 0.2) is 0 Å². The maximum atomic E-state index is 10.3. The molecule has 0 aliphatic carbocycles. The van der Waals surface area contributed by atoms with E-state index in [0.717, 1.165) is 34.6 Å². The highest BCUT2D eigenvalue weighted by molar-refractivity contribution is 6.31. The first kappa shape index (κ1) is 13.7. The van der Waals surface area contributed by atoms with Crippen molar-refractivity contribution in [1.82, 2.24) is 9.88 Å². The van der Waals surface area contributed by atoms with E-state index in [1.807, 2.05) is 24.3 Å². The van der Waals surface area contributed by atoms with E-state index in [2.05, 4.69) is 23.4 Å². The second kappa shape index (κ2) is 5.24. The fourth-order valence-corrected chi connectivity index (χ4v) is 3.38. The van der Waals surface area contributed by atoms with Crippen LogP contribution < -0.4 is 5.32 Å². The Labute approximate surface area is 123 Å². The number of β-amino-alcohol motifs (C(OH)–C–C–N with tert-alkyl or cyclic N) is 1. The van der Waals surface area contributed by atoms with E-state index in [9.17, 15) is 5.11 Å². The van der Waals surface area contributed by atoms with Gasteiger partial charge in [0.25, 0.3) is 0 Å². The first-order valence-corrected chi connectivity index (χ1v) is 7.32. The number of halogens is 1. The monoisotopic (exact) mass is 290 g/mol. The van der Waals surface area contributed by atoms with Crippen LogP contribution in [0.25, 0.3) is 17.0 Å². The molecule has 1 aromatic heterocycles. The number of aryl methyl sites for hydroxylation is 1. The minimum atomic E-state index is -0.381. The van der Waals surface area contributed by atoms with Gasteiger partial charge in [-0.25, -0.2) is 0 Å². The number of hydrogen-bond acceptors (Lipinski definition) is 2. The second-order valence-electron chi connectivity index (χ2n) is 5.37. The standard InChI is InChI=1S/C16H19ClN2O/c1-3-13-10(2)12-8-11(17)4-5-14(12)19(13)15-6-7-18-9-16(15)20/h3-5,8,15-16,18,20H,1,6-7,9H2,2H3. The Morgan fingerprint density at radius 3 is 3.00 bits per heavy atom. The van der Waals surface area contributed by atoms with E-state index >= 15 is 0 Å². The van der Waals surface area contributed by atoms with Gasteiger partial charge in [0.2, 0.25) is 0 Å². The van der Waals surface area contributed by atoms with E-state index in [-0.39, 0.29) is 12.1 Å². The van der Waals surface area contributed by atoms with E-state index in [4.69, 9.17) is 11.6 Å². The Balaban J connectivity index is 2.25. The lowest BCUT2D eigenvalue weighted by Gasteiger charge is -2.31. The predicted molar refractivity (Wildman–Crippen MR) is 84.3 cm³/mol. The highest BCUT2D eigenvalue weighted by Gasteiger charge is 2.27. The van der Waals surface area contributed by atoms with Gasteiger partial charge in [-0.15, -0.1) is 0 Å². The predicted octanol–water partition coefficient (Wildman–Crippen LogP) is 3.14. The summed E-state index contributed by atoms with van der Waals surface area (Å²) in [6.07, 6.45) is 2.40. The zero-order chi connectivity index (χ0) is 14.3. The van der Waals surface area contributed by atoms with Crippen LogP contribution in [0.3, 0.4) is 0 Å². The van der Waals surface area contributed by atoms with Crippen LogP contribution in [0, 0.1) is 6.92 Å². The average molecular weight is 291 g/mol. The van der Waals surface area contributed by atoms with Crippen LogP contribution in [0.5, 0.6) is 0 Å². The number of aliphatic hydroxyl groups excluding tert-OH is 1. The number of nitrogens with zero attached hydrogens (tertiary/aromatic N) is 1. The smallest absolute Gasteiger partial charge is 0.0872 e. The zero-order valence-electron chi connectivity index (χ0n) is 11.6. The van der Waals surface area contributed by atoms with Gasteiger partial charge >= 0.3 is 0 Å². The topological polar surface area (TPSA) is 37.2 Å². The molecule has 2 N–H and O–H groups in total. The second-order valence-corrected chi connectivity index (χ2v) is 5.81. The molecule has 20 heavy (non-hydrogen) atoms. The van der Waals surface area contributed by atoms with Crippen molar-refractivity contribution in [3.63, 3.8) is 0 Å². The summed E-state index contributed by atoms with van der Waals surface area (Å²) in [6, 6.07) is 6.01. The molecule has 0 saturated carbocycles. The minimum Gasteiger partial charge on any atom is -0.390 e. The summed E-state index contributed by atoms with van der Waals surface area (Å²) in [4.78, 5) is 0. The molecule has 0 spiro atoms. The normalized spacial score (nSPS) is 23.1. The first-order valence-electron chi connectivity index (χ1n) is 6.94. The fraction of sp³-hybridized carbons (Fsp3) is 0.375. The van der Waals surface area contributed by atoms with Gasteiger partial charge < -0.3 is 15.0 Å². The lowest BCUT2D eigenvalue weighted by atomic mass is 10.0. The summed E-state index contributed by atoms with van der Waals surface area (Å²) in [6.45, 7) is 7.58. The van der Waals surface area contributed by atoms with E-state index in [0.29, 0.717) is 6.54 Å². The summed E-state index contributed by atoms with van der Waals surface area (Å²) in [5.41, 5.74) is 3.36. The van der Waals surface area contributed by atoms with Gasteiger partial charge in [0.1, 0.15) is 0 Å². The molecule has 1 fully saturated rings. The molecule has 2 aromatic rings. The molecule has 2 heterocycles. The summed E-state index contributed by atoms with van der Waals surface area (Å²) < 4.78 is 2.22. The summed E-state index contributed by atoms with van der Waals surface area (Å²) in [7, 11) is 0. The molecule has 1 aliphatic rings. The van der Waals surface area contributed by atoms with E-state index < -0.39 is 0 Å². The molecule has 1 aliphatic heterocycles. The van der Waals surface area contributed by atoms with Gasteiger partial charge in [-0.3, -0.25) is 0 Å². The van der Waals surface area contributed by atoms with Gasteiger partial charge in [-0.2, -0.15) is 0 Å². The highest BCUT2D eigenvalue weighted by Crippen LogP contribution is 2.34. The Kier molecular flexibility index (Phi) is 3.59. The molecule has 2 unspecified atom stereocenters. The number of aliphatic hydroxyl groups is 1. The number of hydrogen-bond donors (Lipinski definition) is 2. The van der Waals surface area contributed by atoms with Gasteiger partial charge in [-0.1, -0.05) is 18.2 Å². The van der Waals surface area contributed by atoms with Crippen LogP contribution in [0.4, 0.5) is 0 Å². The van der Waals surface area contributed by atoms with Crippen LogP contribution in [0.1, 0.15) is 23.7 Å². The van der Waals surface area contributed by atoms with Crippen molar-refractivity contribution in [2.45, 2.75) is 25.5 Å². The van der Waals surface area contributed by atoms with Gasteiger partial charge in [-0.05, 0) is 49.7 Å². The quantitative estimate of drug-likeness (QED) is 0.891. The number of nitrogens with one attached hydrogen (secondary N) is 1. The van der Waals surface area contributed by atoms with Gasteiger partial charge in [0, 0.05) is 28.2 Å². The molecule has 0 radical (unpaired) electrons. The number of fused-ring (bicyclic) bond motifs is 1. The average Bonchev–Trinajstić information content (AvgIpc) is 2.72. The maximum Gasteiger partial charge on any atom is 0.0872 e. The fourth-order valence-electron chi connectivity index (χ4n) is 3.21. The number of rotatable bonds is 2. The van der Waals surface area contributed by atoms with Crippen LogP contribution in [-0.4, -0.2) is 28.9 Å². The lowest BCUT2D eigenvalue weighted by molar-refractivity contribution is 0.0891. The molecule has 3 nitrogen and oxygen atoms in total. The molecule has 0 bridgehead atoms. The summed E-state index contributed by atoms with van der Waals surface area (Å²) in [5.74, 6) is 0. The molecule has 1 saturated heterocycles. The number of aromatic nitrogens is 1. The van der Waals surface area contributed by atoms with Gasteiger partial charge in [0.05, 0.1) is 12.1 Å². The largest absolute Gasteiger partial charge is 0.390 e. The lowest BCUT2D eigenvalue weighted by Crippen LogP contribution is -2.41. The molecular formula is C16H19ClN2O. The SMILES string of the molecule is C=Cc1c(C)c2cc(Cl)ccc2n1C1CCNCC1O. The third-order valence-electron chi connectivity index (χ3n) is 4.21. The number of piperidine rings is 1. The van der Waals surface area contributed by atoms with Crippen LogP contribution in [-0.2, 0) is 0 Å². The molecular weight excluding hydrogens is 272 g/mol. The summed E-state index contributed by atoms with van der Waals surface area (Å²) in [5, 5.41) is 15.4. The van der Waals surface area contributed by atoms with Crippen molar-refractivity contribution in [3.8, 4) is 0 Å². The third kappa shape index (κ3) is 2.06.